The van der Waals surface area contributed by atoms with Gasteiger partial charge in [-0.15, -0.1) is 22.7 Å². The number of thiophene rings is 2. The number of nitrogens with zero attached hydrogens (tertiary/aromatic N) is 2. The molecule has 3 aromatic heterocycles. The van der Waals surface area contributed by atoms with Gasteiger partial charge in [0.05, 0.1) is 12.7 Å². The van der Waals surface area contributed by atoms with Crippen molar-refractivity contribution >= 4 is 22.7 Å². The Morgan fingerprint density at radius 2 is 2.10 bits per heavy atom. The molecule has 0 saturated carbocycles. The Bertz CT molecular complexity index is 641. The lowest BCUT2D eigenvalue weighted by molar-refractivity contribution is 0.490. The van der Waals surface area contributed by atoms with Gasteiger partial charge < -0.3 is 5.32 Å². The summed E-state index contributed by atoms with van der Waals surface area (Å²) in [5.41, 5.74) is 1.21. The quantitative estimate of drug-likeness (QED) is 0.716. The van der Waals surface area contributed by atoms with Gasteiger partial charge in [0.2, 0.25) is 0 Å². The van der Waals surface area contributed by atoms with Crippen LogP contribution in [0.2, 0.25) is 0 Å². The number of rotatable bonds is 7. The van der Waals surface area contributed by atoms with Crippen LogP contribution in [0.3, 0.4) is 0 Å². The molecular weight excluding hydrogens is 298 g/mol. The van der Waals surface area contributed by atoms with Crippen LogP contribution < -0.4 is 5.32 Å². The van der Waals surface area contributed by atoms with Crippen LogP contribution in [0.5, 0.6) is 0 Å². The van der Waals surface area contributed by atoms with E-state index in [1.807, 2.05) is 33.6 Å². The third-order valence-electron chi connectivity index (χ3n) is 3.37. The molecule has 0 fully saturated rings. The van der Waals surface area contributed by atoms with Crippen molar-refractivity contribution in [1.29, 1.82) is 0 Å². The standard InChI is InChI=1S/C16H19N3S2/c1-13-11-18-19(12-13)7-6-17-15(16-5-3-9-21-16)10-14-4-2-8-20-14/h2-5,8-9,11-12,15,17H,6-7,10H2,1H3. The van der Waals surface area contributed by atoms with Crippen molar-refractivity contribution in [2.24, 2.45) is 0 Å². The van der Waals surface area contributed by atoms with Gasteiger partial charge in [-0.25, -0.2) is 0 Å². The van der Waals surface area contributed by atoms with E-state index >= 15 is 0 Å². The fourth-order valence-corrected chi connectivity index (χ4v) is 3.89. The summed E-state index contributed by atoms with van der Waals surface area (Å²) in [4.78, 5) is 2.83. The summed E-state index contributed by atoms with van der Waals surface area (Å²) in [7, 11) is 0. The summed E-state index contributed by atoms with van der Waals surface area (Å²) in [6, 6.07) is 9.07. The van der Waals surface area contributed by atoms with E-state index in [2.05, 4.69) is 58.6 Å². The monoisotopic (exact) mass is 317 g/mol. The van der Waals surface area contributed by atoms with Crippen molar-refractivity contribution in [3.63, 3.8) is 0 Å². The smallest absolute Gasteiger partial charge is 0.0534 e. The van der Waals surface area contributed by atoms with Gasteiger partial charge in [-0.2, -0.15) is 5.10 Å². The molecule has 0 bridgehead atoms. The van der Waals surface area contributed by atoms with Crippen LogP contribution in [0.4, 0.5) is 0 Å². The lowest BCUT2D eigenvalue weighted by atomic mass is 10.1. The maximum Gasteiger partial charge on any atom is 0.0534 e. The van der Waals surface area contributed by atoms with Crippen molar-refractivity contribution in [2.75, 3.05) is 6.54 Å². The number of hydrogen-bond donors (Lipinski definition) is 1. The zero-order valence-electron chi connectivity index (χ0n) is 12.0. The van der Waals surface area contributed by atoms with Gasteiger partial charge in [0.15, 0.2) is 0 Å². The highest BCUT2D eigenvalue weighted by Crippen LogP contribution is 2.24. The lowest BCUT2D eigenvalue weighted by Crippen LogP contribution is -2.26. The van der Waals surface area contributed by atoms with Crippen molar-refractivity contribution < 1.29 is 0 Å². The second-order valence-electron chi connectivity index (χ2n) is 5.09. The molecule has 1 N–H and O–H groups in total. The normalized spacial score (nSPS) is 12.6. The first-order valence-corrected chi connectivity index (χ1v) is 8.85. The van der Waals surface area contributed by atoms with Crippen LogP contribution in [0, 0.1) is 6.92 Å². The number of hydrogen-bond acceptors (Lipinski definition) is 4. The second-order valence-corrected chi connectivity index (χ2v) is 7.10. The van der Waals surface area contributed by atoms with Gasteiger partial charge in [-0.3, -0.25) is 4.68 Å². The molecule has 3 heterocycles. The first-order valence-electron chi connectivity index (χ1n) is 7.09. The Labute approximate surface area is 133 Å². The Morgan fingerprint density at radius 1 is 1.24 bits per heavy atom. The molecule has 0 spiro atoms. The molecule has 3 rings (SSSR count). The van der Waals surface area contributed by atoms with Gasteiger partial charge in [-0.05, 0) is 35.4 Å². The van der Waals surface area contributed by atoms with Gasteiger partial charge in [-0.1, -0.05) is 12.1 Å². The molecule has 0 saturated heterocycles. The SMILES string of the molecule is Cc1cnn(CCNC(Cc2cccs2)c2cccs2)c1. The van der Waals surface area contributed by atoms with Crippen molar-refractivity contribution in [2.45, 2.75) is 25.9 Å². The molecule has 21 heavy (non-hydrogen) atoms. The maximum absolute atomic E-state index is 4.33. The first kappa shape index (κ1) is 14.5. The zero-order valence-corrected chi connectivity index (χ0v) is 13.7. The van der Waals surface area contributed by atoms with Crippen molar-refractivity contribution in [3.05, 3.63) is 62.7 Å². The molecule has 3 aromatic rings. The molecule has 0 aliphatic heterocycles. The van der Waals surface area contributed by atoms with E-state index in [1.165, 1.54) is 15.3 Å². The average Bonchev–Trinajstić information content (AvgIpc) is 3.19. The summed E-state index contributed by atoms with van der Waals surface area (Å²) in [6.45, 7) is 3.90. The van der Waals surface area contributed by atoms with E-state index in [9.17, 15) is 0 Å². The van der Waals surface area contributed by atoms with Crippen molar-refractivity contribution in [3.8, 4) is 0 Å². The number of nitrogens with one attached hydrogen (secondary N) is 1. The Kier molecular flexibility index (Phi) is 4.85. The van der Waals surface area contributed by atoms with Crippen molar-refractivity contribution in [1.82, 2.24) is 15.1 Å². The largest absolute Gasteiger partial charge is 0.307 e. The summed E-state index contributed by atoms with van der Waals surface area (Å²) < 4.78 is 2.00. The number of aryl methyl sites for hydroxylation is 1. The second kappa shape index (κ2) is 7.02. The highest BCUT2D eigenvalue weighted by Gasteiger charge is 2.13. The molecule has 110 valence electrons. The minimum atomic E-state index is 0.389. The topological polar surface area (TPSA) is 29.9 Å². The minimum Gasteiger partial charge on any atom is -0.307 e. The molecule has 0 radical (unpaired) electrons. The Morgan fingerprint density at radius 3 is 2.76 bits per heavy atom. The maximum atomic E-state index is 4.33. The Hall–Kier alpha value is -1.43. The van der Waals surface area contributed by atoms with Crippen LogP contribution in [-0.2, 0) is 13.0 Å². The van der Waals surface area contributed by atoms with E-state index in [0.29, 0.717) is 6.04 Å². The van der Waals surface area contributed by atoms with Gasteiger partial charge in [0, 0.05) is 35.0 Å². The molecule has 3 nitrogen and oxygen atoms in total. The van der Waals surface area contributed by atoms with Crippen LogP contribution >= 0.6 is 22.7 Å². The summed E-state index contributed by atoms with van der Waals surface area (Å²) in [5, 5.41) is 12.3. The zero-order chi connectivity index (χ0) is 14.5. The lowest BCUT2D eigenvalue weighted by Gasteiger charge is -2.17. The summed E-state index contributed by atoms with van der Waals surface area (Å²) in [5.74, 6) is 0. The van der Waals surface area contributed by atoms with Crippen LogP contribution in [0.15, 0.2) is 47.4 Å². The van der Waals surface area contributed by atoms with E-state index in [0.717, 1.165) is 19.5 Å². The third-order valence-corrected chi connectivity index (χ3v) is 5.25. The van der Waals surface area contributed by atoms with E-state index in [4.69, 9.17) is 0 Å². The molecule has 1 unspecified atom stereocenters. The molecule has 0 aromatic carbocycles. The predicted molar refractivity (Wildman–Crippen MR) is 90.0 cm³/mol. The molecule has 5 heteroatoms. The van der Waals surface area contributed by atoms with Gasteiger partial charge in [0.25, 0.3) is 0 Å². The highest BCUT2D eigenvalue weighted by atomic mass is 32.1. The average molecular weight is 317 g/mol. The fraction of sp³-hybridized carbons (Fsp3) is 0.312. The molecule has 0 amide bonds. The highest BCUT2D eigenvalue weighted by molar-refractivity contribution is 7.10. The van der Waals surface area contributed by atoms with Gasteiger partial charge in [0.1, 0.15) is 0 Å². The third kappa shape index (κ3) is 4.03. The van der Waals surface area contributed by atoms with E-state index in [-0.39, 0.29) is 0 Å². The first-order chi connectivity index (χ1) is 10.3. The summed E-state index contributed by atoms with van der Waals surface area (Å²) >= 11 is 3.65. The number of aromatic nitrogens is 2. The Balaban J connectivity index is 1.59. The van der Waals surface area contributed by atoms with E-state index < -0.39 is 0 Å². The predicted octanol–water partition coefficient (Wildman–Crippen LogP) is 3.89. The van der Waals surface area contributed by atoms with Crippen LogP contribution in [0.25, 0.3) is 0 Å². The molecule has 1 atom stereocenters. The summed E-state index contributed by atoms with van der Waals surface area (Å²) in [6.07, 6.45) is 5.04. The fourth-order valence-electron chi connectivity index (χ4n) is 2.34. The van der Waals surface area contributed by atoms with Gasteiger partial charge >= 0.3 is 0 Å². The van der Waals surface area contributed by atoms with Crippen LogP contribution in [-0.4, -0.2) is 16.3 Å². The minimum absolute atomic E-state index is 0.389. The van der Waals surface area contributed by atoms with Crippen LogP contribution in [0.1, 0.15) is 21.4 Å². The molecule has 0 aliphatic carbocycles. The molecule has 0 aliphatic rings. The van der Waals surface area contributed by atoms with E-state index in [1.54, 1.807) is 0 Å². The molecular formula is C16H19N3S2.